The molecule has 5 N–H and O–H groups in total. The third-order valence-electron chi connectivity index (χ3n) is 4.17. The van der Waals surface area contributed by atoms with Crippen LogP contribution >= 0.6 is 23.4 Å². The summed E-state index contributed by atoms with van der Waals surface area (Å²) in [6.07, 6.45) is -4.60. The number of aromatic hydroxyl groups is 1. The molecule has 2 aromatic carbocycles. The molecule has 0 radical (unpaired) electrons. The number of amides is 2. The Balaban J connectivity index is 2.27. The number of primary amides is 1. The summed E-state index contributed by atoms with van der Waals surface area (Å²) in [4.78, 5) is 26.2. The summed E-state index contributed by atoms with van der Waals surface area (Å²) in [6, 6.07) is 6.27. The number of carbonyl (C=O) groups excluding carboxylic acids is 1. The van der Waals surface area contributed by atoms with E-state index in [4.69, 9.17) is 17.3 Å². The average molecular weight is 458 g/mol. The Kier molecular flexibility index (Phi) is 6.18. The van der Waals surface area contributed by atoms with Crippen LogP contribution in [0.25, 0.3) is 22.0 Å². The van der Waals surface area contributed by atoms with E-state index in [0.29, 0.717) is 0 Å². The number of hydrogen-bond acceptors (Lipinski definition) is 4. The SMILES string of the molecule is NC(=O)NCCSc1c(-c2cc(Cl)ccc2O)c2cc(C(F)(F)F)ccc2[nH]c1=O. The summed E-state index contributed by atoms with van der Waals surface area (Å²) in [7, 11) is 0. The summed E-state index contributed by atoms with van der Waals surface area (Å²) in [5.41, 5.74) is 3.95. The number of benzene rings is 2. The molecule has 0 aliphatic carbocycles. The van der Waals surface area contributed by atoms with Gasteiger partial charge in [-0.05, 0) is 36.4 Å². The number of aromatic amines is 1. The number of urea groups is 1. The number of fused-ring (bicyclic) bond motifs is 1. The normalized spacial score (nSPS) is 11.6. The maximum Gasteiger partial charge on any atom is 0.416 e. The first kappa shape index (κ1) is 21.8. The standard InChI is InChI=1S/C19H15ClF3N3O3S/c20-10-2-4-14(27)12(8-10)15-11-7-9(19(21,22)23)1-3-13(11)26-17(28)16(15)30-6-5-25-18(24)29/h1-4,7-8,27H,5-6H2,(H,26,28)(H3,24,25,29). The van der Waals surface area contributed by atoms with E-state index in [9.17, 15) is 27.9 Å². The first-order valence-electron chi connectivity index (χ1n) is 8.50. The number of nitrogens with two attached hydrogens (primary N) is 1. The highest BCUT2D eigenvalue weighted by atomic mass is 35.5. The van der Waals surface area contributed by atoms with Gasteiger partial charge in [-0.1, -0.05) is 11.6 Å². The minimum atomic E-state index is -4.60. The second-order valence-electron chi connectivity index (χ2n) is 6.22. The number of pyridine rings is 1. The number of phenolic OH excluding ortho intramolecular Hbond substituents is 1. The fraction of sp³-hybridized carbons (Fsp3) is 0.158. The highest BCUT2D eigenvalue weighted by Gasteiger charge is 2.31. The number of halogens is 4. The lowest BCUT2D eigenvalue weighted by Crippen LogP contribution is -2.31. The van der Waals surface area contributed by atoms with Crippen LogP contribution in [0.1, 0.15) is 5.56 Å². The lowest BCUT2D eigenvalue weighted by Gasteiger charge is -2.16. The second kappa shape index (κ2) is 8.49. The van der Waals surface area contributed by atoms with Gasteiger partial charge in [0.05, 0.1) is 10.5 Å². The topological polar surface area (TPSA) is 108 Å². The first-order valence-corrected chi connectivity index (χ1v) is 9.86. The minimum Gasteiger partial charge on any atom is -0.507 e. The van der Waals surface area contributed by atoms with Crippen molar-refractivity contribution in [2.24, 2.45) is 5.73 Å². The van der Waals surface area contributed by atoms with Crippen molar-refractivity contribution in [3.63, 3.8) is 0 Å². The molecule has 0 unspecified atom stereocenters. The summed E-state index contributed by atoms with van der Waals surface area (Å²) >= 11 is 7.03. The molecular weight excluding hydrogens is 443 g/mol. The summed E-state index contributed by atoms with van der Waals surface area (Å²) < 4.78 is 39.9. The predicted molar refractivity (Wildman–Crippen MR) is 110 cm³/mol. The summed E-state index contributed by atoms with van der Waals surface area (Å²) in [6.45, 7) is 0.126. The van der Waals surface area contributed by atoms with Gasteiger partial charge in [0.2, 0.25) is 0 Å². The maximum absolute atomic E-state index is 13.3. The molecule has 6 nitrogen and oxygen atoms in total. The highest BCUT2D eigenvalue weighted by Crippen LogP contribution is 2.41. The molecule has 3 rings (SSSR count). The maximum atomic E-state index is 13.3. The van der Waals surface area contributed by atoms with Gasteiger partial charge in [-0.3, -0.25) is 4.79 Å². The van der Waals surface area contributed by atoms with Crippen LogP contribution in [0.2, 0.25) is 5.02 Å². The Morgan fingerprint density at radius 2 is 1.97 bits per heavy atom. The van der Waals surface area contributed by atoms with Crippen LogP contribution in [0, 0.1) is 0 Å². The number of alkyl halides is 3. The van der Waals surface area contributed by atoms with Crippen molar-refractivity contribution < 1.29 is 23.1 Å². The zero-order valence-corrected chi connectivity index (χ0v) is 16.7. The molecule has 11 heteroatoms. The number of H-pyrrole nitrogens is 1. The van der Waals surface area contributed by atoms with Gasteiger partial charge >= 0.3 is 12.2 Å². The molecule has 30 heavy (non-hydrogen) atoms. The number of nitrogens with one attached hydrogen (secondary N) is 2. The lowest BCUT2D eigenvalue weighted by molar-refractivity contribution is -0.137. The quantitative estimate of drug-likeness (QED) is 0.337. The molecule has 0 saturated carbocycles. The fourth-order valence-electron chi connectivity index (χ4n) is 2.89. The van der Waals surface area contributed by atoms with E-state index >= 15 is 0 Å². The summed E-state index contributed by atoms with van der Waals surface area (Å²) in [5, 5.41) is 13.0. The van der Waals surface area contributed by atoms with Crippen molar-refractivity contribution in [3.05, 3.63) is 57.3 Å². The van der Waals surface area contributed by atoms with Crippen molar-refractivity contribution in [1.82, 2.24) is 10.3 Å². The van der Waals surface area contributed by atoms with Gasteiger partial charge in [-0.25, -0.2) is 4.79 Å². The van der Waals surface area contributed by atoms with Crippen LogP contribution in [0.3, 0.4) is 0 Å². The largest absolute Gasteiger partial charge is 0.507 e. The van der Waals surface area contributed by atoms with Crippen LogP contribution in [0.4, 0.5) is 18.0 Å². The molecule has 0 spiro atoms. The van der Waals surface area contributed by atoms with Gasteiger partial charge in [0.25, 0.3) is 5.56 Å². The molecular formula is C19H15ClF3N3O3S. The van der Waals surface area contributed by atoms with Gasteiger partial charge in [0.15, 0.2) is 0 Å². The molecule has 2 amide bonds. The molecule has 0 aliphatic heterocycles. The van der Waals surface area contributed by atoms with Crippen LogP contribution in [0.5, 0.6) is 5.75 Å². The molecule has 0 aliphatic rings. The Hall–Kier alpha value is -2.85. The third kappa shape index (κ3) is 4.65. The Morgan fingerprint density at radius 3 is 2.63 bits per heavy atom. The summed E-state index contributed by atoms with van der Waals surface area (Å²) in [5.74, 6) is -0.0361. The number of phenols is 1. The first-order chi connectivity index (χ1) is 14.1. The van der Waals surface area contributed by atoms with Crippen molar-refractivity contribution in [2.75, 3.05) is 12.3 Å². The molecule has 0 atom stereocenters. The van der Waals surface area contributed by atoms with E-state index in [1.807, 2.05) is 0 Å². The molecule has 158 valence electrons. The molecule has 1 aromatic heterocycles. The van der Waals surface area contributed by atoms with Gasteiger partial charge in [-0.2, -0.15) is 13.2 Å². The van der Waals surface area contributed by atoms with Crippen molar-refractivity contribution in [3.8, 4) is 16.9 Å². The van der Waals surface area contributed by atoms with E-state index < -0.39 is 23.3 Å². The van der Waals surface area contributed by atoms with Crippen molar-refractivity contribution in [1.29, 1.82) is 0 Å². The van der Waals surface area contributed by atoms with Gasteiger partial charge < -0.3 is 21.1 Å². The van der Waals surface area contributed by atoms with Crippen LogP contribution in [-0.4, -0.2) is 28.4 Å². The van der Waals surface area contributed by atoms with E-state index in [1.54, 1.807) is 0 Å². The fourth-order valence-corrected chi connectivity index (χ4v) is 4.02. The predicted octanol–water partition coefficient (Wildman–Crippen LogP) is 4.33. The Morgan fingerprint density at radius 1 is 1.23 bits per heavy atom. The number of rotatable bonds is 5. The molecule has 0 bridgehead atoms. The van der Waals surface area contributed by atoms with Crippen LogP contribution in [-0.2, 0) is 6.18 Å². The third-order valence-corrected chi connectivity index (χ3v) is 5.49. The van der Waals surface area contributed by atoms with Crippen molar-refractivity contribution >= 4 is 40.3 Å². The highest BCUT2D eigenvalue weighted by molar-refractivity contribution is 7.99. The number of aromatic nitrogens is 1. The molecule has 0 saturated heterocycles. The Bertz CT molecular complexity index is 1180. The number of hydrogen-bond donors (Lipinski definition) is 4. The smallest absolute Gasteiger partial charge is 0.416 e. The zero-order valence-electron chi connectivity index (χ0n) is 15.1. The second-order valence-corrected chi connectivity index (χ2v) is 7.76. The van der Waals surface area contributed by atoms with Gasteiger partial charge in [0.1, 0.15) is 5.75 Å². The van der Waals surface area contributed by atoms with Gasteiger partial charge in [0, 0.05) is 39.4 Å². The lowest BCUT2D eigenvalue weighted by atomic mass is 9.98. The number of thioether (sulfide) groups is 1. The zero-order chi connectivity index (χ0) is 22.1. The van der Waals surface area contributed by atoms with E-state index in [0.717, 1.165) is 30.0 Å². The number of carbonyl (C=O) groups is 1. The molecule has 0 fully saturated rings. The van der Waals surface area contributed by atoms with Crippen LogP contribution < -0.4 is 16.6 Å². The van der Waals surface area contributed by atoms with Crippen molar-refractivity contribution in [2.45, 2.75) is 11.1 Å². The molecule has 3 aromatic rings. The Labute approximate surface area is 177 Å². The van der Waals surface area contributed by atoms with Crippen LogP contribution in [0.15, 0.2) is 46.1 Å². The average Bonchev–Trinajstić information content (AvgIpc) is 2.66. The molecule has 1 heterocycles. The monoisotopic (exact) mass is 457 g/mol. The van der Waals surface area contributed by atoms with Gasteiger partial charge in [-0.15, -0.1) is 11.8 Å². The van der Waals surface area contributed by atoms with E-state index in [-0.39, 0.29) is 50.0 Å². The van der Waals surface area contributed by atoms with E-state index in [1.165, 1.54) is 18.2 Å². The van der Waals surface area contributed by atoms with E-state index in [2.05, 4.69) is 10.3 Å². The minimum absolute atomic E-state index is 0.0747.